The van der Waals surface area contributed by atoms with E-state index in [1.807, 2.05) is 16.0 Å². The van der Waals surface area contributed by atoms with Gasteiger partial charge < -0.3 is 5.32 Å². The Labute approximate surface area is 91.9 Å². The summed E-state index contributed by atoms with van der Waals surface area (Å²) in [5, 5.41) is 4.79. The van der Waals surface area contributed by atoms with Crippen LogP contribution in [0.4, 0.5) is 0 Å². The number of nitrogens with zero attached hydrogens (tertiary/aromatic N) is 2. The largest absolute Gasteiger partial charge is 0.351 e. The topological polar surface area (TPSA) is 46.4 Å². The van der Waals surface area contributed by atoms with Crippen molar-refractivity contribution in [1.29, 1.82) is 0 Å². The molecule has 0 fully saturated rings. The van der Waals surface area contributed by atoms with Crippen molar-refractivity contribution in [2.45, 2.75) is 19.8 Å². The molecule has 2 heterocycles. The van der Waals surface area contributed by atoms with E-state index in [1.165, 1.54) is 11.3 Å². The summed E-state index contributed by atoms with van der Waals surface area (Å²) >= 11 is 1.53. The van der Waals surface area contributed by atoms with E-state index in [2.05, 4.69) is 17.2 Å². The lowest BCUT2D eigenvalue weighted by molar-refractivity contribution is 0.0949. The highest BCUT2D eigenvalue weighted by Gasteiger charge is 2.09. The maximum Gasteiger partial charge on any atom is 0.271 e. The van der Waals surface area contributed by atoms with Crippen LogP contribution in [0, 0.1) is 0 Å². The Morgan fingerprint density at radius 2 is 2.53 bits per heavy atom. The zero-order valence-corrected chi connectivity index (χ0v) is 9.38. The van der Waals surface area contributed by atoms with Gasteiger partial charge in [-0.2, -0.15) is 0 Å². The third-order valence-electron chi connectivity index (χ3n) is 2.14. The molecule has 80 valence electrons. The van der Waals surface area contributed by atoms with E-state index in [-0.39, 0.29) is 5.91 Å². The zero-order valence-electron chi connectivity index (χ0n) is 8.56. The molecule has 4 nitrogen and oxygen atoms in total. The van der Waals surface area contributed by atoms with Crippen molar-refractivity contribution in [3.8, 4) is 0 Å². The number of hydrogen-bond donors (Lipinski definition) is 1. The van der Waals surface area contributed by atoms with Crippen LogP contribution in [0.2, 0.25) is 0 Å². The minimum Gasteiger partial charge on any atom is -0.351 e. The molecule has 5 heteroatoms. The van der Waals surface area contributed by atoms with Crippen LogP contribution in [0.1, 0.15) is 30.3 Å². The Morgan fingerprint density at radius 3 is 3.27 bits per heavy atom. The van der Waals surface area contributed by atoms with Crippen molar-refractivity contribution in [2.75, 3.05) is 6.54 Å². The van der Waals surface area contributed by atoms with Crippen LogP contribution < -0.4 is 5.32 Å². The van der Waals surface area contributed by atoms with Crippen molar-refractivity contribution in [3.63, 3.8) is 0 Å². The number of aromatic nitrogens is 2. The van der Waals surface area contributed by atoms with Gasteiger partial charge in [0.25, 0.3) is 5.91 Å². The molecule has 0 aromatic carbocycles. The second-order valence-electron chi connectivity index (χ2n) is 3.33. The van der Waals surface area contributed by atoms with Crippen LogP contribution in [-0.4, -0.2) is 21.8 Å². The highest BCUT2D eigenvalue weighted by Crippen LogP contribution is 2.10. The summed E-state index contributed by atoms with van der Waals surface area (Å²) < 4.78 is 1.86. The summed E-state index contributed by atoms with van der Waals surface area (Å²) in [6.07, 6.45) is 5.75. The molecule has 1 N–H and O–H groups in total. The molecule has 0 aliphatic heterocycles. The normalized spacial score (nSPS) is 10.7. The highest BCUT2D eigenvalue weighted by atomic mass is 32.1. The first kappa shape index (κ1) is 10.2. The molecule has 2 aromatic rings. The molecule has 15 heavy (non-hydrogen) atoms. The maximum absolute atomic E-state index is 11.6. The summed E-state index contributed by atoms with van der Waals surface area (Å²) in [5.74, 6) is -0.0839. The second kappa shape index (κ2) is 4.44. The highest BCUT2D eigenvalue weighted by molar-refractivity contribution is 7.15. The van der Waals surface area contributed by atoms with Gasteiger partial charge >= 0.3 is 0 Å². The Morgan fingerprint density at radius 1 is 1.67 bits per heavy atom. The summed E-state index contributed by atoms with van der Waals surface area (Å²) in [5.41, 5.74) is 0.498. The van der Waals surface area contributed by atoms with Gasteiger partial charge in [-0.05, 0) is 6.42 Å². The van der Waals surface area contributed by atoms with Gasteiger partial charge in [-0.25, -0.2) is 4.98 Å². The molecule has 0 aliphatic rings. The van der Waals surface area contributed by atoms with Crippen molar-refractivity contribution in [2.24, 2.45) is 0 Å². The molecule has 2 rings (SSSR count). The predicted octanol–water partition coefficient (Wildman–Crippen LogP) is 1.93. The Kier molecular flexibility index (Phi) is 3.01. The minimum atomic E-state index is -0.0839. The molecular weight excluding hydrogens is 210 g/mol. The van der Waals surface area contributed by atoms with Gasteiger partial charge in [0.1, 0.15) is 5.69 Å². The first-order chi connectivity index (χ1) is 7.31. The van der Waals surface area contributed by atoms with Gasteiger partial charge in [0.15, 0.2) is 4.96 Å². The average Bonchev–Trinajstić information content (AvgIpc) is 2.76. The summed E-state index contributed by atoms with van der Waals surface area (Å²) in [6.45, 7) is 2.82. The number of carbonyl (C=O) groups is 1. The van der Waals surface area contributed by atoms with Crippen LogP contribution in [0.25, 0.3) is 4.96 Å². The lowest BCUT2D eigenvalue weighted by atomic mass is 10.3. The Bertz CT molecular complexity index is 431. The van der Waals surface area contributed by atoms with E-state index < -0.39 is 0 Å². The van der Waals surface area contributed by atoms with E-state index in [1.54, 1.807) is 6.20 Å². The number of carbonyl (C=O) groups excluding carboxylic acids is 1. The van der Waals surface area contributed by atoms with E-state index >= 15 is 0 Å². The molecule has 0 atom stereocenters. The molecular formula is C10H13N3OS. The van der Waals surface area contributed by atoms with E-state index in [9.17, 15) is 4.79 Å². The van der Waals surface area contributed by atoms with Crippen LogP contribution in [0.5, 0.6) is 0 Å². The van der Waals surface area contributed by atoms with Crippen LogP contribution in [-0.2, 0) is 0 Å². The number of amides is 1. The Hall–Kier alpha value is -1.36. The average molecular weight is 223 g/mol. The molecule has 0 saturated carbocycles. The first-order valence-electron chi connectivity index (χ1n) is 5.01. The molecule has 0 spiro atoms. The van der Waals surface area contributed by atoms with Crippen LogP contribution in [0.3, 0.4) is 0 Å². The SMILES string of the molecule is CCCCNC(=O)c1cn2ccsc2n1. The van der Waals surface area contributed by atoms with Crippen molar-refractivity contribution < 1.29 is 4.79 Å². The van der Waals surface area contributed by atoms with Crippen LogP contribution in [0.15, 0.2) is 17.8 Å². The third kappa shape index (κ3) is 2.18. The first-order valence-corrected chi connectivity index (χ1v) is 5.89. The summed E-state index contributed by atoms with van der Waals surface area (Å²) in [7, 11) is 0. The van der Waals surface area contributed by atoms with Crippen LogP contribution >= 0.6 is 11.3 Å². The van der Waals surface area contributed by atoms with E-state index in [0.717, 1.165) is 24.3 Å². The Balaban J connectivity index is 2.04. The van der Waals surface area contributed by atoms with Gasteiger partial charge in [0, 0.05) is 24.3 Å². The standard InChI is InChI=1S/C10H13N3OS/c1-2-3-4-11-9(14)8-7-13-5-6-15-10(13)12-8/h5-7H,2-4H2,1H3,(H,11,14). The smallest absolute Gasteiger partial charge is 0.271 e. The molecule has 0 saturated heterocycles. The molecule has 0 aliphatic carbocycles. The number of unbranched alkanes of at least 4 members (excludes halogenated alkanes) is 1. The van der Waals surface area contributed by atoms with Gasteiger partial charge in [-0.3, -0.25) is 9.20 Å². The van der Waals surface area contributed by atoms with Crippen molar-refractivity contribution in [1.82, 2.24) is 14.7 Å². The lowest BCUT2D eigenvalue weighted by Crippen LogP contribution is -2.24. The fourth-order valence-electron chi connectivity index (χ4n) is 1.31. The van der Waals surface area contributed by atoms with Gasteiger partial charge in [0.2, 0.25) is 0 Å². The number of rotatable bonds is 4. The number of hydrogen-bond acceptors (Lipinski definition) is 3. The number of thiazole rings is 1. The monoisotopic (exact) mass is 223 g/mol. The molecule has 0 bridgehead atoms. The van der Waals surface area contributed by atoms with Gasteiger partial charge in [0.05, 0.1) is 0 Å². The number of imidazole rings is 1. The van der Waals surface area contributed by atoms with E-state index in [4.69, 9.17) is 0 Å². The van der Waals surface area contributed by atoms with E-state index in [0.29, 0.717) is 5.69 Å². The lowest BCUT2D eigenvalue weighted by Gasteiger charge is -1.99. The second-order valence-corrected chi connectivity index (χ2v) is 4.20. The molecule has 0 radical (unpaired) electrons. The molecule has 2 aromatic heterocycles. The minimum absolute atomic E-state index is 0.0839. The number of nitrogens with one attached hydrogen (secondary N) is 1. The summed E-state index contributed by atoms with van der Waals surface area (Å²) in [4.78, 5) is 16.7. The molecule has 1 amide bonds. The molecule has 0 unspecified atom stereocenters. The quantitative estimate of drug-likeness (QED) is 0.805. The number of fused-ring (bicyclic) bond motifs is 1. The summed E-state index contributed by atoms with van der Waals surface area (Å²) in [6, 6.07) is 0. The maximum atomic E-state index is 11.6. The van der Waals surface area contributed by atoms with Crippen molar-refractivity contribution >= 4 is 22.2 Å². The fraction of sp³-hybridized carbons (Fsp3) is 0.400. The van der Waals surface area contributed by atoms with Crippen molar-refractivity contribution in [3.05, 3.63) is 23.5 Å². The zero-order chi connectivity index (χ0) is 10.7. The van der Waals surface area contributed by atoms with Gasteiger partial charge in [-0.1, -0.05) is 13.3 Å². The predicted molar refractivity (Wildman–Crippen MR) is 60.3 cm³/mol. The third-order valence-corrected chi connectivity index (χ3v) is 2.91. The van der Waals surface area contributed by atoms with Gasteiger partial charge in [-0.15, -0.1) is 11.3 Å². The fourth-order valence-corrected chi connectivity index (χ4v) is 2.01.